The highest BCUT2D eigenvalue weighted by atomic mass is 16.4. The van der Waals surface area contributed by atoms with Crippen molar-refractivity contribution in [1.82, 2.24) is 0 Å². The van der Waals surface area contributed by atoms with Gasteiger partial charge in [0.2, 0.25) is 0 Å². The van der Waals surface area contributed by atoms with E-state index in [1.807, 2.05) is 27.7 Å². The molecule has 0 bridgehead atoms. The minimum absolute atomic E-state index is 0.124. The summed E-state index contributed by atoms with van der Waals surface area (Å²) in [6.07, 6.45) is 2.52. The van der Waals surface area contributed by atoms with E-state index >= 15 is 0 Å². The molecule has 2 unspecified atom stereocenters. The normalized spacial score (nSPS) is 17.5. The molecule has 0 aliphatic rings. The topological polar surface area (TPSA) is 57.5 Å². The smallest absolute Gasteiger partial charge is 0.309 e. The average molecular weight is 216 g/mol. The lowest BCUT2D eigenvalue weighted by Gasteiger charge is -2.35. The van der Waals surface area contributed by atoms with E-state index in [1.54, 1.807) is 0 Å². The Balaban J connectivity index is 4.43. The van der Waals surface area contributed by atoms with E-state index in [1.165, 1.54) is 0 Å². The van der Waals surface area contributed by atoms with Crippen LogP contribution in [0.1, 0.15) is 47.0 Å². The summed E-state index contributed by atoms with van der Waals surface area (Å²) < 4.78 is 0. The van der Waals surface area contributed by atoms with E-state index in [-0.39, 0.29) is 18.4 Å². The molecule has 15 heavy (non-hydrogen) atoms. The lowest BCUT2D eigenvalue weighted by atomic mass is 9.68. The first-order valence-corrected chi connectivity index (χ1v) is 5.71. The molecule has 0 aromatic heterocycles. The molecule has 2 atom stereocenters. The van der Waals surface area contributed by atoms with Crippen LogP contribution in [0.3, 0.4) is 0 Å². The summed E-state index contributed by atoms with van der Waals surface area (Å²) >= 11 is 0. The fourth-order valence-electron chi connectivity index (χ4n) is 1.89. The summed E-state index contributed by atoms with van der Waals surface area (Å²) in [6, 6.07) is 0. The van der Waals surface area contributed by atoms with Gasteiger partial charge < -0.3 is 10.2 Å². The van der Waals surface area contributed by atoms with Crippen molar-refractivity contribution in [2.45, 2.75) is 47.0 Å². The van der Waals surface area contributed by atoms with E-state index in [4.69, 9.17) is 5.11 Å². The zero-order valence-electron chi connectivity index (χ0n) is 10.3. The first-order chi connectivity index (χ1) is 6.87. The quantitative estimate of drug-likeness (QED) is 0.643. The van der Waals surface area contributed by atoms with Gasteiger partial charge in [0.15, 0.2) is 0 Å². The van der Waals surface area contributed by atoms with Crippen molar-refractivity contribution in [3.05, 3.63) is 0 Å². The number of carbonyl (C=O) groups is 1. The van der Waals surface area contributed by atoms with Gasteiger partial charge in [0, 0.05) is 6.61 Å². The van der Waals surface area contributed by atoms with Crippen LogP contribution in [0, 0.1) is 17.3 Å². The van der Waals surface area contributed by atoms with Crippen LogP contribution >= 0.6 is 0 Å². The van der Waals surface area contributed by atoms with Crippen molar-refractivity contribution in [2.24, 2.45) is 17.3 Å². The number of aliphatic hydroxyl groups excluding tert-OH is 1. The first-order valence-electron chi connectivity index (χ1n) is 5.71. The highest BCUT2D eigenvalue weighted by molar-refractivity contribution is 5.74. The van der Waals surface area contributed by atoms with Crippen LogP contribution in [0.25, 0.3) is 0 Å². The fraction of sp³-hybridized carbons (Fsp3) is 0.917. The van der Waals surface area contributed by atoms with Crippen molar-refractivity contribution in [2.75, 3.05) is 6.61 Å². The minimum Gasteiger partial charge on any atom is -0.481 e. The van der Waals surface area contributed by atoms with Gasteiger partial charge in [-0.3, -0.25) is 4.79 Å². The van der Waals surface area contributed by atoms with Crippen molar-refractivity contribution >= 4 is 5.97 Å². The number of carboxylic acids is 1. The second-order valence-corrected chi connectivity index (χ2v) is 4.86. The van der Waals surface area contributed by atoms with Gasteiger partial charge in [0.25, 0.3) is 0 Å². The van der Waals surface area contributed by atoms with Crippen molar-refractivity contribution in [3.63, 3.8) is 0 Å². The molecular formula is C12H24O3. The molecule has 0 rings (SSSR count). The highest BCUT2D eigenvalue weighted by Gasteiger charge is 2.41. The third kappa shape index (κ3) is 3.49. The number of rotatable bonds is 7. The Morgan fingerprint density at radius 3 is 2.13 bits per heavy atom. The fourth-order valence-corrected chi connectivity index (χ4v) is 1.89. The maximum absolute atomic E-state index is 11.3. The molecule has 0 aromatic carbocycles. The lowest BCUT2D eigenvalue weighted by molar-refractivity contribution is -0.154. The van der Waals surface area contributed by atoms with Crippen LogP contribution in [0.4, 0.5) is 0 Å². The summed E-state index contributed by atoms with van der Waals surface area (Å²) in [7, 11) is 0. The largest absolute Gasteiger partial charge is 0.481 e. The van der Waals surface area contributed by atoms with Gasteiger partial charge in [-0.15, -0.1) is 0 Å². The molecule has 0 saturated heterocycles. The van der Waals surface area contributed by atoms with Gasteiger partial charge in [-0.25, -0.2) is 0 Å². The summed E-state index contributed by atoms with van der Waals surface area (Å²) in [5, 5.41) is 18.0. The maximum Gasteiger partial charge on any atom is 0.309 e. The molecule has 0 heterocycles. The monoisotopic (exact) mass is 216 g/mol. The molecule has 90 valence electrons. The van der Waals surface area contributed by atoms with E-state index in [9.17, 15) is 9.90 Å². The maximum atomic E-state index is 11.3. The Kier molecular flexibility index (Phi) is 5.88. The SMILES string of the molecule is CC(C)C(C)(C(=O)O)C(C)CCCCO. The predicted molar refractivity (Wildman–Crippen MR) is 60.7 cm³/mol. The number of hydrogen-bond acceptors (Lipinski definition) is 2. The van der Waals surface area contributed by atoms with E-state index in [2.05, 4.69) is 0 Å². The molecule has 0 aromatic rings. The molecule has 3 heteroatoms. The number of unbranched alkanes of at least 4 members (excludes halogenated alkanes) is 1. The Hall–Kier alpha value is -0.570. The molecule has 0 aliphatic heterocycles. The van der Waals surface area contributed by atoms with Crippen LogP contribution in [0.5, 0.6) is 0 Å². The van der Waals surface area contributed by atoms with Crippen molar-refractivity contribution in [3.8, 4) is 0 Å². The number of carboxylic acid groups (broad SMARTS) is 1. The molecule has 0 saturated carbocycles. The molecule has 3 nitrogen and oxygen atoms in total. The lowest BCUT2D eigenvalue weighted by Crippen LogP contribution is -2.39. The van der Waals surface area contributed by atoms with Gasteiger partial charge in [-0.05, 0) is 31.6 Å². The van der Waals surface area contributed by atoms with Crippen LogP contribution in [0.15, 0.2) is 0 Å². The molecule has 0 amide bonds. The van der Waals surface area contributed by atoms with Crippen LogP contribution in [-0.2, 0) is 4.79 Å². The summed E-state index contributed by atoms with van der Waals surface area (Å²) in [4.78, 5) is 11.3. The van der Waals surface area contributed by atoms with Gasteiger partial charge >= 0.3 is 5.97 Å². The van der Waals surface area contributed by atoms with Gasteiger partial charge in [-0.1, -0.05) is 27.2 Å². The second-order valence-electron chi connectivity index (χ2n) is 4.86. The van der Waals surface area contributed by atoms with E-state index in [0.717, 1.165) is 19.3 Å². The number of aliphatic carboxylic acids is 1. The molecule has 0 aliphatic carbocycles. The third-order valence-corrected chi connectivity index (χ3v) is 3.73. The van der Waals surface area contributed by atoms with E-state index in [0.29, 0.717) is 0 Å². The second kappa shape index (κ2) is 6.11. The summed E-state index contributed by atoms with van der Waals surface area (Å²) in [5.74, 6) is -0.449. The Morgan fingerprint density at radius 1 is 1.27 bits per heavy atom. The number of hydrogen-bond donors (Lipinski definition) is 2. The van der Waals surface area contributed by atoms with Crippen molar-refractivity contribution < 1.29 is 15.0 Å². The highest BCUT2D eigenvalue weighted by Crippen LogP contribution is 2.38. The zero-order valence-corrected chi connectivity index (χ0v) is 10.3. The average Bonchev–Trinajstić information content (AvgIpc) is 2.15. The van der Waals surface area contributed by atoms with Gasteiger partial charge in [-0.2, -0.15) is 0 Å². The van der Waals surface area contributed by atoms with Crippen LogP contribution in [0.2, 0.25) is 0 Å². The van der Waals surface area contributed by atoms with Crippen LogP contribution < -0.4 is 0 Å². The van der Waals surface area contributed by atoms with Crippen molar-refractivity contribution in [1.29, 1.82) is 0 Å². The zero-order chi connectivity index (χ0) is 12.1. The van der Waals surface area contributed by atoms with E-state index < -0.39 is 11.4 Å². The summed E-state index contributed by atoms with van der Waals surface area (Å²) in [6.45, 7) is 7.92. The summed E-state index contributed by atoms with van der Waals surface area (Å²) in [5.41, 5.74) is -0.657. The predicted octanol–water partition coefficient (Wildman–Crippen LogP) is 2.53. The molecule has 0 fully saturated rings. The molecule has 0 radical (unpaired) electrons. The Morgan fingerprint density at radius 2 is 1.80 bits per heavy atom. The molecular weight excluding hydrogens is 192 g/mol. The standard InChI is InChI=1S/C12H24O3/c1-9(2)12(4,11(14)15)10(3)7-5-6-8-13/h9-10,13H,5-8H2,1-4H3,(H,14,15). The minimum atomic E-state index is -0.714. The van der Waals surface area contributed by atoms with Gasteiger partial charge in [0.1, 0.15) is 0 Å². The van der Waals surface area contributed by atoms with Gasteiger partial charge in [0.05, 0.1) is 5.41 Å². The Bertz CT molecular complexity index is 201. The molecule has 0 spiro atoms. The molecule has 2 N–H and O–H groups in total. The first kappa shape index (κ1) is 14.4. The third-order valence-electron chi connectivity index (χ3n) is 3.73. The Labute approximate surface area is 92.5 Å². The number of aliphatic hydroxyl groups is 1. The van der Waals surface area contributed by atoms with Crippen LogP contribution in [-0.4, -0.2) is 22.8 Å².